The molecule has 12 heteroatoms. The van der Waals surface area contributed by atoms with E-state index in [9.17, 15) is 28.9 Å². The molecule has 0 radical (unpaired) electrons. The predicted molar refractivity (Wildman–Crippen MR) is 325 cm³/mol. The summed E-state index contributed by atoms with van der Waals surface area (Å²) >= 11 is 0. The van der Waals surface area contributed by atoms with Crippen molar-refractivity contribution in [3.05, 3.63) is 122 Å². The van der Waals surface area contributed by atoms with Gasteiger partial charge in [-0.15, -0.1) is 0 Å². The second-order valence-electron chi connectivity index (χ2n) is 19.7. The van der Waals surface area contributed by atoms with Crippen molar-refractivity contribution in [1.29, 1.82) is 0 Å². The lowest BCUT2D eigenvalue weighted by Gasteiger charge is -2.21. The van der Waals surface area contributed by atoms with Crippen LogP contribution in [0.4, 0.5) is 0 Å². The lowest BCUT2D eigenvalue weighted by atomic mass is 10.1. The molecule has 3 atom stereocenters. The smallest absolute Gasteiger partial charge is 0.462 e. The number of phosphoric acid groups is 1. The number of phosphoric ester groups is 1. The fourth-order valence-electron chi connectivity index (χ4n) is 7.78. The number of aliphatic hydroxyl groups excluding tert-OH is 1. The third-order valence-electron chi connectivity index (χ3n) is 12.3. The van der Waals surface area contributed by atoms with E-state index in [4.69, 9.17) is 23.3 Å². The third-order valence-corrected chi connectivity index (χ3v) is 13.3. The molecule has 0 aliphatic carbocycles. The Balaban J connectivity index is 4.80. The highest BCUT2D eigenvalue weighted by atomic mass is 31.2. The lowest BCUT2D eigenvalue weighted by molar-refractivity contribution is -0.161. The second kappa shape index (κ2) is 59.0. The number of unbranched alkanes of at least 4 members (excludes halogenated alkanes) is 18. The molecule has 0 aromatic carbocycles. The van der Waals surface area contributed by atoms with Gasteiger partial charge in [0.15, 0.2) is 6.10 Å². The number of ether oxygens (including phenoxy) is 3. The highest BCUT2D eigenvalue weighted by Gasteiger charge is 2.28. The minimum Gasteiger partial charge on any atom is -0.462 e. The molecule has 0 aliphatic rings. The summed E-state index contributed by atoms with van der Waals surface area (Å²) < 4.78 is 39.6. The number of allylic oxidation sites excluding steroid dienone is 20. The molecule has 0 amide bonds. The van der Waals surface area contributed by atoms with E-state index in [0.717, 1.165) is 141 Å². The summed E-state index contributed by atoms with van der Waals surface area (Å²) in [4.78, 5) is 48.7. The van der Waals surface area contributed by atoms with Crippen LogP contribution >= 0.6 is 7.82 Å². The maximum atomic E-state index is 12.9. The third kappa shape index (κ3) is 56.6. The van der Waals surface area contributed by atoms with Gasteiger partial charge in [-0.3, -0.25) is 23.4 Å². The molecule has 0 aromatic heterocycles. The lowest BCUT2D eigenvalue weighted by Crippen LogP contribution is -2.30. The standard InChI is InChI=1S/C66H109O11P/c1-4-7-10-13-16-19-22-25-28-30-31-33-36-39-42-45-48-51-54-57-66(70)77-63(59-73-64(68)55-52-49-46-43-40-37-34-27-24-21-18-15-12-9-6-3)61-75-78(71,72)74-60-62(58-67)76-65(69)56-53-50-47-44-41-38-35-32-29-26-23-20-17-14-11-8-5-2/h7,9-10,12,16-21,25-29,31,33-34,39,42,62-63,67H,4-6,8,11,13-15,22-24,30,32,35-38,40-41,43-61H2,1-3H3,(H,71,72)/b10-7-,12-9-,19-16-,20-17-,21-18-,28-25-,29-26-,33-31-,34-27-,42-39-. The van der Waals surface area contributed by atoms with Crippen LogP contribution in [0.2, 0.25) is 0 Å². The molecule has 3 unspecified atom stereocenters. The molecular weight excluding hydrogens is 1000 g/mol. The zero-order valence-electron chi connectivity index (χ0n) is 49.1. The van der Waals surface area contributed by atoms with Crippen LogP contribution in [0, 0.1) is 0 Å². The fourth-order valence-corrected chi connectivity index (χ4v) is 8.56. The van der Waals surface area contributed by atoms with Gasteiger partial charge in [-0.05, 0) is 128 Å². The van der Waals surface area contributed by atoms with Crippen molar-refractivity contribution in [3.63, 3.8) is 0 Å². The molecule has 0 bridgehead atoms. The Bertz CT molecular complexity index is 1770. The summed E-state index contributed by atoms with van der Waals surface area (Å²) in [6.07, 6.45) is 72.9. The van der Waals surface area contributed by atoms with Gasteiger partial charge in [0, 0.05) is 19.3 Å². The van der Waals surface area contributed by atoms with Gasteiger partial charge in [0.05, 0.1) is 19.8 Å². The first-order valence-corrected chi connectivity index (χ1v) is 31.9. The number of aliphatic hydroxyl groups is 1. The van der Waals surface area contributed by atoms with Crippen LogP contribution in [0.25, 0.3) is 0 Å². The molecule has 0 heterocycles. The van der Waals surface area contributed by atoms with Crippen LogP contribution in [0.3, 0.4) is 0 Å². The number of hydrogen-bond donors (Lipinski definition) is 2. The minimum absolute atomic E-state index is 0.118. The molecular formula is C66H109O11P. The van der Waals surface area contributed by atoms with E-state index >= 15 is 0 Å². The average molecular weight is 1110 g/mol. The number of carbonyl (C=O) groups excluding carboxylic acids is 3. The largest absolute Gasteiger partial charge is 0.472 e. The maximum Gasteiger partial charge on any atom is 0.472 e. The van der Waals surface area contributed by atoms with E-state index in [0.29, 0.717) is 19.3 Å². The highest BCUT2D eigenvalue weighted by molar-refractivity contribution is 7.47. The maximum absolute atomic E-state index is 12.9. The highest BCUT2D eigenvalue weighted by Crippen LogP contribution is 2.43. The SMILES string of the molecule is CC/C=C\C/C=C\C/C=C\C/C=C\C/C=C\CCCCCC(=O)OC(COC(=O)CCCCCCC/C=C\C/C=C\C/C=C\CC)COP(=O)(O)OCC(CO)OC(=O)CCCCCCCCC/C=C\C/C=C\CCCCC. The van der Waals surface area contributed by atoms with Crippen molar-refractivity contribution < 1.29 is 52.2 Å². The number of hydrogen-bond acceptors (Lipinski definition) is 10. The molecule has 0 fully saturated rings. The summed E-state index contributed by atoms with van der Waals surface area (Å²) in [5.41, 5.74) is 0. The van der Waals surface area contributed by atoms with E-state index in [1.165, 1.54) is 38.5 Å². The molecule has 0 saturated heterocycles. The zero-order valence-corrected chi connectivity index (χ0v) is 50.0. The van der Waals surface area contributed by atoms with Crippen LogP contribution in [-0.2, 0) is 42.2 Å². The first-order valence-electron chi connectivity index (χ1n) is 30.4. The summed E-state index contributed by atoms with van der Waals surface area (Å²) in [6.45, 7) is 4.33. The summed E-state index contributed by atoms with van der Waals surface area (Å²) in [5.74, 6) is -1.54. The van der Waals surface area contributed by atoms with Crippen LogP contribution in [-0.4, -0.2) is 66.5 Å². The Labute approximate surface area is 475 Å². The Morgan fingerprint density at radius 1 is 0.372 bits per heavy atom. The summed E-state index contributed by atoms with van der Waals surface area (Å²) in [6, 6.07) is 0. The molecule has 0 spiro atoms. The summed E-state index contributed by atoms with van der Waals surface area (Å²) in [7, 11) is -4.77. The normalized spacial score (nSPS) is 14.2. The van der Waals surface area contributed by atoms with Crippen molar-refractivity contribution in [2.75, 3.05) is 26.4 Å². The molecule has 0 aliphatic heterocycles. The first kappa shape index (κ1) is 73.9. The van der Waals surface area contributed by atoms with Gasteiger partial charge in [0.25, 0.3) is 0 Å². The average Bonchev–Trinajstić information content (AvgIpc) is 3.43. The topological polar surface area (TPSA) is 155 Å². The molecule has 78 heavy (non-hydrogen) atoms. The Morgan fingerprint density at radius 2 is 0.667 bits per heavy atom. The second-order valence-corrected chi connectivity index (χ2v) is 21.2. The van der Waals surface area contributed by atoms with Crippen molar-refractivity contribution in [3.8, 4) is 0 Å². The van der Waals surface area contributed by atoms with E-state index in [2.05, 4.69) is 142 Å². The number of carbonyl (C=O) groups is 3. The van der Waals surface area contributed by atoms with Gasteiger partial charge >= 0.3 is 25.7 Å². The number of esters is 3. The molecule has 2 N–H and O–H groups in total. The Kier molecular flexibility index (Phi) is 55.9. The number of rotatable bonds is 55. The molecule has 0 saturated carbocycles. The van der Waals surface area contributed by atoms with Gasteiger partial charge in [0.1, 0.15) is 12.7 Å². The molecule has 0 rings (SSSR count). The van der Waals surface area contributed by atoms with Crippen LogP contribution < -0.4 is 0 Å². The van der Waals surface area contributed by atoms with E-state index in [1.807, 2.05) is 0 Å². The van der Waals surface area contributed by atoms with Crippen molar-refractivity contribution in [1.82, 2.24) is 0 Å². The van der Waals surface area contributed by atoms with Gasteiger partial charge in [-0.2, -0.15) is 0 Å². The van der Waals surface area contributed by atoms with E-state index in [1.54, 1.807) is 0 Å². The molecule has 444 valence electrons. The quantitative estimate of drug-likeness (QED) is 0.0197. The van der Waals surface area contributed by atoms with Crippen LogP contribution in [0.5, 0.6) is 0 Å². The van der Waals surface area contributed by atoms with E-state index < -0.39 is 57.8 Å². The Morgan fingerprint density at radius 3 is 1.04 bits per heavy atom. The van der Waals surface area contributed by atoms with Gasteiger partial charge < -0.3 is 24.2 Å². The fraction of sp³-hybridized carbons (Fsp3) is 0.652. The van der Waals surface area contributed by atoms with Crippen molar-refractivity contribution >= 4 is 25.7 Å². The van der Waals surface area contributed by atoms with Gasteiger partial charge in [-0.25, -0.2) is 4.57 Å². The molecule has 0 aromatic rings. The zero-order chi connectivity index (χ0) is 56.9. The molecule has 11 nitrogen and oxygen atoms in total. The monoisotopic (exact) mass is 1110 g/mol. The Hall–Kier alpha value is -4.12. The van der Waals surface area contributed by atoms with Crippen LogP contribution in [0.1, 0.15) is 239 Å². The van der Waals surface area contributed by atoms with Gasteiger partial charge in [0.2, 0.25) is 0 Å². The van der Waals surface area contributed by atoms with Crippen molar-refractivity contribution in [2.24, 2.45) is 0 Å². The van der Waals surface area contributed by atoms with Gasteiger partial charge in [-0.1, -0.05) is 213 Å². The summed E-state index contributed by atoms with van der Waals surface area (Å²) in [5, 5.41) is 9.84. The minimum atomic E-state index is -4.77. The van der Waals surface area contributed by atoms with Crippen molar-refractivity contribution in [2.45, 2.75) is 251 Å². The first-order chi connectivity index (χ1) is 38.2. The van der Waals surface area contributed by atoms with E-state index in [-0.39, 0.29) is 25.9 Å². The van der Waals surface area contributed by atoms with Crippen LogP contribution in [0.15, 0.2) is 122 Å². The predicted octanol–water partition coefficient (Wildman–Crippen LogP) is 18.4.